The van der Waals surface area contributed by atoms with Crippen LogP contribution in [0.25, 0.3) is 0 Å². The van der Waals surface area contributed by atoms with E-state index in [0.29, 0.717) is 0 Å². The van der Waals surface area contributed by atoms with Crippen molar-refractivity contribution in [3.63, 3.8) is 0 Å². The molecule has 10 heavy (non-hydrogen) atoms. The largest absolute Gasteiger partial charge is 0.673 e. The van der Waals surface area contributed by atoms with E-state index >= 15 is 0 Å². The van der Waals surface area contributed by atoms with Gasteiger partial charge in [-0.3, -0.25) is 4.57 Å². The molecule has 0 unspecified atom stereocenters. The standard InChI is InChI=1S/CH5O3P.BF4/c1-5(2,3)4;2-1(3,4)5/h1H3,(H2,2,3,4);/q;-1. The maximum Gasteiger partial charge on any atom is 0.673 e. The Morgan fingerprint density at radius 3 is 1.20 bits per heavy atom. The summed E-state index contributed by atoms with van der Waals surface area (Å²) in [5.41, 5.74) is 0. The molecule has 0 amide bonds. The summed E-state index contributed by atoms with van der Waals surface area (Å²) in [4.78, 5) is 15.3. The van der Waals surface area contributed by atoms with Crippen LogP contribution >= 0.6 is 7.60 Å². The molecule has 0 saturated heterocycles. The second-order valence-corrected chi connectivity index (χ2v) is 3.00. The first-order valence-corrected chi connectivity index (χ1v) is 3.96. The molecule has 0 bridgehead atoms. The monoisotopic (exact) mass is 183 g/mol. The Balaban J connectivity index is 0. The van der Waals surface area contributed by atoms with Gasteiger partial charge < -0.3 is 27.0 Å². The molecule has 0 radical (unpaired) electrons. The summed E-state index contributed by atoms with van der Waals surface area (Å²) < 4.78 is 48.3. The Morgan fingerprint density at radius 2 is 1.20 bits per heavy atom. The Bertz CT molecular complexity index is 113. The predicted molar refractivity (Wildman–Crippen MR) is 28.2 cm³/mol. The van der Waals surface area contributed by atoms with Gasteiger partial charge in [-0.05, 0) is 0 Å². The maximum absolute atomic E-state index is 9.75. The van der Waals surface area contributed by atoms with Crippen molar-refractivity contribution in [1.29, 1.82) is 0 Å². The molecule has 0 aliphatic heterocycles. The third-order valence-corrected chi connectivity index (χ3v) is 0. The molecule has 0 aliphatic carbocycles. The van der Waals surface area contributed by atoms with Crippen molar-refractivity contribution in [2.45, 2.75) is 0 Å². The summed E-state index contributed by atoms with van der Waals surface area (Å²) >= 11 is 0. The quantitative estimate of drug-likeness (QED) is 0.335. The van der Waals surface area contributed by atoms with Gasteiger partial charge in [0.2, 0.25) is 0 Å². The molecule has 0 saturated carbocycles. The molecule has 0 aromatic heterocycles. The zero-order valence-corrected chi connectivity index (χ0v) is 5.73. The fourth-order valence-corrected chi connectivity index (χ4v) is 0. The SMILES string of the molecule is CP(=O)(O)O.F[B-](F)(F)F. The van der Waals surface area contributed by atoms with E-state index in [1.165, 1.54) is 0 Å². The predicted octanol–water partition coefficient (Wildman–Crippen LogP) is 1.09. The fraction of sp³-hybridized carbons (Fsp3) is 1.00. The van der Waals surface area contributed by atoms with Crippen molar-refractivity contribution < 1.29 is 31.6 Å². The highest BCUT2D eigenvalue weighted by Crippen LogP contribution is 2.26. The van der Waals surface area contributed by atoms with Crippen LogP contribution < -0.4 is 0 Å². The molecular formula is CH5BF4O3P-. The first-order chi connectivity index (χ1) is 4.00. The first-order valence-electron chi connectivity index (χ1n) is 1.90. The average Bonchev–Trinajstić information content (AvgIpc) is 1.12. The third kappa shape index (κ3) is 90100. The van der Waals surface area contributed by atoms with Gasteiger partial charge in [-0.25, -0.2) is 0 Å². The first kappa shape index (κ1) is 12.6. The van der Waals surface area contributed by atoms with E-state index in [1.54, 1.807) is 0 Å². The molecule has 0 fully saturated rings. The highest BCUT2D eigenvalue weighted by molar-refractivity contribution is 7.50. The highest BCUT2D eigenvalue weighted by Gasteiger charge is 2.20. The number of halogens is 4. The molecule has 9 heteroatoms. The molecule has 0 aromatic rings. The van der Waals surface area contributed by atoms with E-state index in [4.69, 9.17) is 9.79 Å². The van der Waals surface area contributed by atoms with E-state index in [2.05, 4.69) is 0 Å². The van der Waals surface area contributed by atoms with Crippen LogP contribution in [-0.4, -0.2) is 23.7 Å². The van der Waals surface area contributed by atoms with Crippen LogP contribution in [0, 0.1) is 0 Å². The number of hydrogen-bond acceptors (Lipinski definition) is 1. The smallest absolute Gasteiger partial charge is 0.418 e. The fourth-order valence-electron chi connectivity index (χ4n) is 0. The molecule has 0 aromatic carbocycles. The zero-order chi connectivity index (χ0) is 9.00. The van der Waals surface area contributed by atoms with E-state index < -0.39 is 14.9 Å². The van der Waals surface area contributed by atoms with E-state index in [0.717, 1.165) is 6.66 Å². The lowest BCUT2D eigenvalue weighted by Crippen LogP contribution is -2.02. The normalized spacial score (nSPS) is 11.9. The van der Waals surface area contributed by atoms with Gasteiger partial charge in [0.25, 0.3) is 0 Å². The van der Waals surface area contributed by atoms with Crippen molar-refractivity contribution in [1.82, 2.24) is 0 Å². The van der Waals surface area contributed by atoms with Crippen molar-refractivity contribution in [3.05, 3.63) is 0 Å². The highest BCUT2D eigenvalue weighted by atomic mass is 31.2. The van der Waals surface area contributed by atoms with Crippen LogP contribution in [0.3, 0.4) is 0 Å². The van der Waals surface area contributed by atoms with Crippen LogP contribution in [0.15, 0.2) is 0 Å². The molecule has 2 N–H and O–H groups in total. The molecule has 0 aliphatic rings. The van der Waals surface area contributed by atoms with Crippen molar-refractivity contribution in [2.24, 2.45) is 0 Å². The van der Waals surface area contributed by atoms with Gasteiger partial charge in [-0.1, -0.05) is 0 Å². The van der Waals surface area contributed by atoms with Gasteiger partial charge >= 0.3 is 14.9 Å². The molecule has 0 rings (SSSR count). The van der Waals surface area contributed by atoms with Gasteiger partial charge in [-0.2, -0.15) is 0 Å². The number of rotatable bonds is 0. The van der Waals surface area contributed by atoms with Gasteiger partial charge in [-0.15, -0.1) is 0 Å². The minimum Gasteiger partial charge on any atom is -0.418 e. The molecule has 64 valence electrons. The van der Waals surface area contributed by atoms with E-state index in [9.17, 15) is 21.8 Å². The Morgan fingerprint density at radius 1 is 1.20 bits per heavy atom. The van der Waals surface area contributed by atoms with Crippen LogP contribution in [0.5, 0.6) is 0 Å². The van der Waals surface area contributed by atoms with Crippen LogP contribution in [-0.2, 0) is 4.57 Å². The lowest BCUT2D eigenvalue weighted by atomic mass is 10.3. The van der Waals surface area contributed by atoms with Gasteiger partial charge in [0.05, 0.1) is 0 Å². The minimum atomic E-state index is -6.00. The average molecular weight is 183 g/mol. The van der Waals surface area contributed by atoms with E-state index in [1.807, 2.05) is 0 Å². The van der Waals surface area contributed by atoms with Gasteiger partial charge in [0, 0.05) is 6.66 Å². The molecular weight excluding hydrogens is 178 g/mol. The lowest BCUT2D eigenvalue weighted by molar-refractivity contribution is 0.368. The Labute approximate surface area is 54.3 Å². The molecule has 0 heterocycles. The Hall–Kier alpha value is -0.0651. The van der Waals surface area contributed by atoms with Crippen molar-refractivity contribution >= 4 is 14.9 Å². The maximum atomic E-state index is 9.75. The van der Waals surface area contributed by atoms with Gasteiger partial charge in [0.1, 0.15) is 0 Å². The number of hydrogen-bond donors (Lipinski definition) is 2. The summed E-state index contributed by atoms with van der Waals surface area (Å²) in [5.74, 6) is 0. The van der Waals surface area contributed by atoms with Gasteiger partial charge in [0.15, 0.2) is 0 Å². The lowest BCUT2D eigenvalue weighted by Gasteiger charge is -1.94. The summed E-state index contributed by atoms with van der Waals surface area (Å²) in [6.45, 7) is 0.854. The van der Waals surface area contributed by atoms with E-state index in [-0.39, 0.29) is 0 Å². The second kappa shape index (κ2) is 3.95. The summed E-state index contributed by atoms with van der Waals surface area (Å²) in [5, 5.41) is 0. The third-order valence-electron chi connectivity index (χ3n) is 0. The van der Waals surface area contributed by atoms with Crippen molar-refractivity contribution in [3.8, 4) is 0 Å². The zero-order valence-electron chi connectivity index (χ0n) is 4.84. The molecule has 3 nitrogen and oxygen atoms in total. The summed E-state index contributed by atoms with van der Waals surface area (Å²) in [6, 6.07) is 0. The topological polar surface area (TPSA) is 57.5 Å². The van der Waals surface area contributed by atoms with Crippen LogP contribution in [0.1, 0.15) is 0 Å². The second-order valence-electron chi connectivity index (χ2n) is 1.33. The van der Waals surface area contributed by atoms with Crippen LogP contribution in [0.4, 0.5) is 17.3 Å². The Kier molecular flexibility index (Phi) is 4.98. The van der Waals surface area contributed by atoms with Crippen molar-refractivity contribution in [2.75, 3.05) is 6.66 Å². The summed E-state index contributed by atoms with van der Waals surface area (Å²) in [7, 11) is -9.64. The molecule has 0 atom stereocenters. The molecule has 0 spiro atoms. The summed E-state index contributed by atoms with van der Waals surface area (Å²) in [6.07, 6.45) is 0. The minimum absolute atomic E-state index is 0.854. The van der Waals surface area contributed by atoms with Crippen LogP contribution in [0.2, 0.25) is 0 Å².